The lowest BCUT2D eigenvalue weighted by Gasteiger charge is -2.16. The van der Waals surface area contributed by atoms with E-state index in [2.05, 4.69) is 45.7 Å². The van der Waals surface area contributed by atoms with Crippen molar-refractivity contribution in [2.75, 3.05) is 24.6 Å². The highest BCUT2D eigenvalue weighted by Crippen LogP contribution is 2.34. The summed E-state index contributed by atoms with van der Waals surface area (Å²) in [6.45, 7) is 9.61. The summed E-state index contributed by atoms with van der Waals surface area (Å²) in [5, 5.41) is 19.1. The Bertz CT molecular complexity index is 861. The number of fused-ring (bicyclic) bond motifs is 2. The second-order valence-electron chi connectivity index (χ2n) is 11.8. The zero-order valence-corrected chi connectivity index (χ0v) is 26.2. The fourth-order valence-electron chi connectivity index (χ4n) is 5.50. The summed E-state index contributed by atoms with van der Waals surface area (Å²) in [6.07, 6.45) is 7.47. The molecule has 0 radical (unpaired) electrons. The van der Waals surface area contributed by atoms with E-state index in [-0.39, 0.29) is 29.9 Å². The molecule has 4 heterocycles. The third-order valence-electron chi connectivity index (χ3n) is 7.82. The van der Waals surface area contributed by atoms with Crippen LogP contribution < -0.4 is 31.9 Å². The Morgan fingerprint density at radius 2 is 1.30 bits per heavy atom. The molecule has 0 unspecified atom stereocenters. The van der Waals surface area contributed by atoms with Gasteiger partial charge in [0.1, 0.15) is 5.78 Å². The van der Waals surface area contributed by atoms with Gasteiger partial charge in [0.2, 0.25) is 5.91 Å². The fourth-order valence-corrected chi connectivity index (χ4v) is 8.59. The molecular weight excluding hydrogens is 548 g/mol. The smallest absolute Gasteiger partial charge is 0.315 e. The number of unbranched alkanes of at least 4 members (excludes halogenated alkanes) is 2. The minimum atomic E-state index is -0.0327. The SMILES string of the molecule is CC(C)C(=O)CCCC[C@@H]1SC[C@@H]2NC(=O)N[C@@H]21.CC(C)NCCNC(=O)CCCC[C@@H]1SC[C@@H]2NC(=O)N[C@@H]21. The van der Waals surface area contributed by atoms with Crippen LogP contribution in [0.2, 0.25) is 0 Å². The molecule has 10 nitrogen and oxygen atoms in total. The summed E-state index contributed by atoms with van der Waals surface area (Å²) >= 11 is 3.87. The van der Waals surface area contributed by atoms with Crippen molar-refractivity contribution in [1.82, 2.24) is 31.9 Å². The van der Waals surface area contributed by atoms with Gasteiger partial charge in [-0.2, -0.15) is 23.5 Å². The third kappa shape index (κ3) is 10.6. The molecule has 6 N–H and O–H groups in total. The van der Waals surface area contributed by atoms with Crippen LogP contribution >= 0.6 is 23.5 Å². The van der Waals surface area contributed by atoms with Gasteiger partial charge < -0.3 is 31.9 Å². The number of amides is 5. The number of hydrogen-bond acceptors (Lipinski definition) is 7. The van der Waals surface area contributed by atoms with Crippen molar-refractivity contribution in [3.05, 3.63) is 0 Å². The van der Waals surface area contributed by atoms with Crippen molar-refractivity contribution in [1.29, 1.82) is 0 Å². The van der Waals surface area contributed by atoms with Crippen molar-refractivity contribution in [2.45, 2.75) is 120 Å². The molecule has 228 valence electrons. The van der Waals surface area contributed by atoms with Gasteiger partial charge >= 0.3 is 12.1 Å². The van der Waals surface area contributed by atoms with Crippen LogP contribution in [0.15, 0.2) is 0 Å². The van der Waals surface area contributed by atoms with E-state index in [1.165, 1.54) is 0 Å². The molecule has 5 amide bonds. The third-order valence-corrected chi connectivity index (χ3v) is 10.8. The lowest BCUT2D eigenvalue weighted by molar-refractivity contribution is -0.122. The first-order valence-electron chi connectivity index (χ1n) is 15.0. The largest absolute Gasteiger partial charge is 0.355 e. The van der Waals surface area contributed by atoms with Gasteiger partial charge in [0.05, 0.1) is 24.2 Å². The monoisotopic (exact) mass is 598 g/mol. The molecule has 12 heteroatoms. The molecular formula is C28H50N6O4S2. The molecule has 0 aliphatic carbocycles. The van der Waals surface area contributed by atoms with Gasteiger partial charge in [-0.1, -0.05) is 40.5 Å². The van der Waals surface area contributed by atoms with Crippen molar-refractivity contribution >= 4 is 47.3 Å². The van der Waals surface area contributed by atoms with E-state index in [1.807, 2.05) is 37.4 Å². The van der Waals surface area contributed by atoms with Crippen LogP contribution in [0.25, 0.3) is 0 Å². The Hall–Kier alpha value is -1.66. The number of nitrogens with one attached hydrogen (secondary N) is 6. The highest BCUT2D eigenvalue weighted by Gasteiger charge is 2.43. The maximum absolute atomic E-state index is 11.7. The van der Waals surface area contributed by atoms with Crippen LogP contribution in [0, 0.1) is 5.92 Å². The van der Waals surface area contributed by atoms with E-state index < -0.39 is 0 Å². The normalized spacial score (nSPS) is 28.2. The lowest BCUT2D eigenvalue weighted by atomic mass is 10.00. The van der Waals surface area contributed by atoms with Crippen LogP contribution in [0.4, 0.5) is 9.59 Å². The zero-order valence-electron chi connectivity index (χ0n) is 24.6. The molecule has 0 aromatic rings. The summed E-state index contributed by atoms with van der Waals surface area (Å²) in [4.78, 5) is 45.7. The van der Waals surface area contributed by atoms with Crippen LogP contribution in [-0.2, 0) is 9.59 Å². The Labute approximate surface area is 248 Å². The molecule has 0 aromatic carbocycles. The summed E-state index contributed by atoms with van der Waals surface area (Å²) in [5.41, 5.74) is 0. The molecule has 4 fully saturated rings. The number of carbonyl (C=O) groups excluding carboxylic acids is 4. The van der Waals surface area contributed by atoms with Gasteiger partial charge in [-0.3, -0.25) is 9.59 Å². The Balaban J connectivity index is 0.000000225. The van der Waals surface area contributed by atoms with Crippen molar-refractivity contribution in [3.8, 4) is 0 Å². The lowest BCUT2D eigenvalue weighted by Crippen LogP contribution is -2.36. The van der Waals surface area contributed by atoms with Gasteiger partial charge in [-0.25, -0.2) is 9.59 Å². The summed E-state index contributed by atoms with van der Waals surface area (Å²) in [7, 11) is 0. The molecule has 4 rings (SSSR count). The Morgan fingerprint density at radius 3 is 1.80 bits per heavy atom. The average Bonchev–Trinajstić information content (AvgIpc) is 3.64. The molecule has 6 atom stereocenters. The van der Waals surface area contributed by atoms with Gasteiger partial charge in [-0.05, 0) is 25.7 Å². The van der Waals surface area contributed by atoms with Crippen molar-refractivity contribution in [2.24, 2.45) is 5.92 Å². The number of ketones is 1. The molecule has 4 aliphatic heterocycles. The molecule has 0 bridgehead atoms. The van der Waals surface area contributed by atoms with Crippen LogP contribution in [0.3, 0.4) is 0 Å². The molecule has 4 saturated heterocycles. The number of thioether (sulfide) groups is 2. The molecule has 0 saturated carbocycles. The van der Waals surface area contributed by atoms with Crippen LogP contribution in [-0.4, -0.2) is 89.1 Å². The maximum Gasteiger partial charge on any atom is 0.315 e. The number of carbonyl (C=O) groups is 4. The predicted molar refractivity (Wildman–Crippen MR) is 164 cm³/mol. The number of Topliss-reactive ketones (excluding diaryl/α,β-unsaturated/α-hetero) is 1. The van der Waals surface area contributed by atoms with Gasteiger partial charge in [0.15, 0.2) is 0 Å². The molecule has 40 heavy (non-hydrogen) atoms. The van der Waals surface area contributed by atoms with Crippen molar-refractivity contribution in [3.63, 3.8) is 0 Å². The summed E-state index contributed by atoms with van der Waals surface area (Å²) in [5.74, 6) is 2.67. The molecule has 0 spiro atoms. The second-order valence-corrected chi connectivity index (χ2v) is 14.4. The quantitative estimate of drug-likeness (QED) is 0.126. The minimum Gasteiger partial charge on any atom is -0.355 e. The number of urea groups is 2. The first-order chi connectivity index (χ1) is 19.1. The van der Waals surface area contributed by atoms with Gasteiger partial charge in [0.25, 0.3) is 0 Å². The molecule has 4 aliphatic rings. The average molecular weight is 599 g/mol. The topological polar surface area (TPSA) is 140 Å². The van der Waals surface area contributed by atoms with Gasteiger partial charge in [0, 0.05) is 59.9 Å². The standard InChI is InChI=1S/C15H28N4O2S.C13H22N2O2S/c1-10(2)16-7-8-17-13(20)6-4-3-5-12-14-11(9-22-12)18-15(21)19-14;1-8(2)10(16)5-3-4-6-11-12-9(7-18-11)14-13(17)15-12/h10-12,14,16H,3-9H2,1-2H3,(H,17,20)(H2,18,19,21);8-9,11-12H,3-7H2,1-2H3,(H2,14,15,17)/t11-,12-,14-;9-,11-,12-/m00/s1. The maximum atomic E-state index is 11.7. The molecule has 0 aromatic heterocycles. The van der Waals surface area contributed by atoms with Crippen LogP contribution in [0.1, 0.15) is 79.1 Å². The Morgan fingerprint density at radius 1 is 0.775 bits per heavy atom. The number of rotatable bonds is 15. The van der Waals surface area contributed by atoms with E-state index in [0.29, 0.717) is 59.8 Å². The number of hydrogen-bond donors (Lipinski definition) is 6. The summed E-state index contributed by atoms with van der Waals surface area (Å²) in [6, 6.07) is 1.57. The van der Waals surface area contributed by atoms with Crippen molar-refractivity contribution < 1.29 is 19.2 Å². The highest BCUT2D eigenvalue weighted by molar-refractivity contribution is 8.00. The second kappa shape index (κ2) is 16.7. The first-order valence-corrected chi connectivity index (χ1v) is 17.1. The fraction of sp³-hybridized carbons (Fsp3) is 0.857. The zero-order chi connectivity index (χ0) is 29.1. The predicted octanol–water partition coefficient (Wildman–Crippen LogP) is 2.76. The highest BCUT2D eigenvalue weighted by atomic mass is 32.2. The summed E-state index contributed by atoms with van der Waals surface area (Å²) < 4.78 is 0. The van der Waals surface area contributed by atoms with E-state index in [1.54, 1.807) is 0 Å². The van der Waals surface area contributed by atoms with E-state index in [4.69, 9.17) is 0 Å². The minimum absolute atomic E-state index is 0.0229. The van der Waals surface area contributed by atoms with Gasteiger partial charge in [-0.15, -0.1) is 0 Å². The Kier molecular flexibility index (Phi) is 13.7. The first kappa shape index (κ1) is 32.8. The van der Waals surface area contributed by atoms with Crippen LogP contribution in [0.5, 0.6) is 0 Å². The van der Waals surface area contributed by atoms with E-state index in [9.17, 15) is 19.2 Å². The van der Waals surface area contributed by atoms with E-state index in [0.717, 1.165) is 56.6 Å². The van der Waals surface area contributed by atoms with E-state index >= 15 is 0 Å².